The van der Waals surface area contributed by atoms with E-state index in [-0.39, 0.29) is 11.3 Å². The van der Waals surface area contributed by atoms with E-state index in [0.29, 0.717) is 0 Å². The number of nitrogens with one attached hydrogen (secondary N) is 1. The van der Waals surface area contributed by atoms with E-state index < -0.39 is 17.5 Å². The van der Waals surface area contributed by atoms with Gasteiger partial charge in [-0.1, -0.05) is 0 Å². The molecule has 0 spiro atoms. The van der Waals surface area contributed by atoms with E-state index in [0.717, 1.165) is 0 Å². The zero-order chi connectivity index (χ0) is 13.1. The van der Waals surface area contributed by atoms with Crippen molar-refractivity contribution in [3.63, 3.8) is 0 Å². The lowest BCUT2D eigenvalue weighted by Crippen LogP contribution is -2.42. The third-order valence-corrected chi connectivity index (χ3v) is 1.73. The van der Waals surface area contributed by atoms with Gasteiger partial charge >= 0.3 is 6.09 Å². The Balaban J connectivity index is 2.82. The topological polar surface area (TPSA) is 94.3 Å². The molecule has 0 atom stereocenters. The van der Waals surface area contributed by atoms with Crippen LogP contribution in [-0.2, 0) is 0 Å². The maximum atomic E-state index is 11.5. The summed E-state index contributed by atoms with van der Waals surface area (Å²) in [4.78, 5) is 26.3. The van der Waals surface area contributed by atoms with E-state index in [1.807, 2.05) is 20.8 Å². The minimum atomic E-state index is -0.698. The summed E-state index contributed by atoms with van der Waals surface area (Å²) in [5, 5.41) is 2.60. The van der Waals surface area contributed by atoms with Gasteiger partial charge in [0, 0.05) is 24.0 Å². The van der Waals surface area contributed by atoms with Crippen LogP contribution in [0.3, 0.4) is 0 Å². The van der Waals surface area contributed by atoms with Crippen molar-refractivity contribution >= 4 is 12.0 Å². The molecule has 92 valence electrons. The number of hydrogen-bond donors (Lipinski definition) is 2. The standard InChI is InChI=1S/C11H15N3O3/c1-11(2,3)14-10(16)17-8-4-5-13-6-7(8)9(12)15/h4-6H,1-3H3,(H2,12,15)(H,14,16). The Hall–Kier alpha value is -2.11. The second-order valence-corrected chi connectivity index (χ2v) is 4.50. The molecule has 0 saturated carbocycles. The average molecular weight is 237 g/mol. The molecular formula is C11H15N3O3. The average Bonchev–Trinajstić information content (AvgIpc) is 2.14. The molecule has 1 aromatic rings. The largest absolute Gasteiger partial charge is 0.413 e. The number of pyridine rings is 1. The monoisotopic (exact) mass is 237 g/mol. The highest BCUT2D eigenvalue weighted by atomic mass is 16.6. The van der Waals surface area contributed by atoms with Crippen molar-refractivity contribution in [3.8, 4) is 5.75 Å². The number of rotatable bonds is 2. The number of ether oxygens (including phenoxy) is 1. The van der Waals surface area contributed by atoms with Gasteiger partial charge in [-0.3, -0.25) is 9.78 Å². The SMILES string of the molecule is CC(C)(C)NC(=O)Oc1ccncc1C(N)=O. The van der Waals surface area contributed by atoms with Crippen LogP contribution in [0.4, 0.5) is 4.79 Å². The molecule has 0 bridgehead atoms. The zero-order valence-electron chi connectivity index (χ0n) is 9.98. The highest BCUT2D eigenvalue weighted by Crippen LogP contribution is 2.16. The minimum absolute atomic E-state index is 0.0663. The lowest BCUT2D eigenvalue weighted by atomic mass is 10.1. The highest BCUT2D eigenvalue weighted by Gasteiger charge is 2.17. The van der Waals surface area contributed by atoms with Crippen LogP contribution in [0, 0.1) is 0 Å². The molecule has 3 N–H and O–H groups in total. The van der Waals surface area contributed by atoms with Crippen molar-refractivity contribution in [1.29, 1.82) is 0 Å². The molecule has 6 heteroatoms. The summed E-state index contributed by atoms with van der Waals surface area (Å²) < 4.78 is 4.99. The molecule has 1 heterocycles. The van der Waals surface area contributed by atoms with E-state index in [1.165, 1.54) is 18.5 Å². The van der Waals surface area contributed by atoms with Crippen molar-refractivity contribution in [1.82, 2.24) is 10.3 Å². The highest BCUT2D eigenvalue weighted by molar-refractivity contribution is 5.95. The van der Waals surface area contributed by atoms with Gasteiger partial charge in [0.25, 0.3) is 5.91 Å². The van der Waals surface area contributed by atoms with Crippen LogP contribution in [0.15, 0.2) is 18.5 Å². The molecule has 0 aromatic carbocycles. The molecule has 0 aliphatic rings. The molecule has 0 saturated heterocycles. The smallest absolute Gasteiger partial charge is 0.409 e. The Bertz CT molecular complexity index is 438. The number of amides is 2. The quantitative estimate of drug-likeness (QED) is 0.804. The Kier molecular flexibility index (Phi) is 3.67. The summed E-state index contributed by atoms with van der Waals surface area (Å²) >= 11 is 0. The third kappa shape index (κ3) is 4.10. The normalized spacial score (nSPS) is 10.8. The van der Waals surface area contributed by atoms with Gasteiger partial charge in [0.05, 0.1) is 0 Å². The molecule has 0 radical (unpaired) electrons. The number of carbonyl (C=O) groups excluding carboxylic acids is 2. The zero-order valence-corrected chi connectivity index (χ0v) is 9.98. The molecule has 1 rings (SSSR count). The van der Waals surface area contributed by atoms with Crippen molar-refractivity contribution in [2.45, 2.75) is 26.3 Å². The van der Waals surface area contributed by atoms with Gasteiger partial charge in [0.1, 0.15) is 11.3 Å². The van der Waals surface area contributed by atoms with Crippen molar-refractivity contribution < 1.29 is 14.3 Å². The fraction of sp³-hybridized carbons (Fsp3) is 0.364. The van der Waals surface area contributed by atoms with Gasteiger partial charge in [-0.2, -0.15) is 0 Å². The summed E-state index contributed by atoms with van der Waals surface area (Å²) in [6.45, 7) is 5.45. The fourth-order valence-corrected chi connectivity index (χ4v) is 1.09. The summed E-state index contributed by atoms with van der Waals surface area (Å²) in [6.07, 6.45) is 2.01. The number of hydrogen-bond acceptors (Lipinski definition) is 4. The number of nitrogens with two attached hydrogens (primary N) is 1. The summed E-state index contributed by atoms with van der Waals surface area (Å²) in [5.41, 5.74) is 4.77. The van der Waals surface area contributed by atoms with Crippen LogP contribution in [0.1, 0.15) is 31.1 Å². The molecular weight excluding hydrogens is 222 g/mol. The van der Waals surface area contributed by atoms with Crippen molar-refractivity contribution in [3.05, 3.63) is 24.0 Å². The van der Waals surface area contributed by atoms with E-state index in [2.05, 4.69) is 10.3 Å². The van der Waals surface area contributed by atoms with Gasteiger partial charge < -0.3 is 15.8 Å². The van der Waals surface area contributed by atoms with Crippen molar-refractivity contribution in [2.75, 3.05) is 0 Å². The molecule has 0 fully saturated rings. The lowest BCUT2D eigenvalue weighted by molar-refractivity contribution is 0.0997. The minimum Gasteiger partial charge on any atom is -0.409 e. The maximum absolute atomic E-state index is 11.5. The number of carbonyl (C=O) groups is 2. The van der Waals surface area contributed by atoms with E-state index >= 15 is 0 Å². The van der Waals surface area contributed by atoms with Crippen LogP contribution in [0.2, 0.25) is 0 Å². The van der Waals surface area contributed by atoms with Gasteiger partial charge in [-0.15, -0.1) is 0 Å². The summed E-state index contributed by atoms with van der Waals surface area (Å²) in [5.74, 6) is -0.606. The number of primary amides is 1. The molecule has 0 aliphatic carbocycles. The molecule has 0 unspecified atom stereocenters. The molecule has 6 nitrogen and oxygen atoms in total. The number of aromatic nitrogens is 1. The van der Waals surface area contributed by atoms with Gasteiger partial charge in [-0.05, 0) is 20.8 Å². The first kappa shape index (κ1) is 13.0. The van der Waals surface area contributed by atoms with E-state index in [1.54, 1.807) is 0 Å². The molecule has 2 amide bonds. The fourth-order valence-electron chi connectivity index (χ4n) is 1.09. The first-order valence-electron chi connectivity index (χ1n) is 5.03. The Morgan fingerprint density at radius 3 is 2.59 bits per heavy atom. The van der Waals surface area contributed by atoms with Crippen LogP contribution in [-0.4, -0.2) is 22.5 Å². The van der Waals surface area contributed by atoms with Crippen LogP contribution >= 0.6 is 0 Å². The Morgan fingerprint density at radius 1 is 1.41 bits per heavy atom. The van der Waals surface area contributed by atoms with Crippen LogP contribution in [0.5, 0.6) is 5.75 Å². The Morgan fingerprint density at radius 2 is 2.06 bits per heavy atom. The van der Waals surface area contributed by atoms with Crippen LogP contribution < -0.4 is 15.8 Å². The second kappa shape index (κ2) is 4.82. The van der Waals surface area contributed by atoms with E-state index in [4.69, 9.17) is 10.5 Å². The molecule has 17 heavy (non-hydrogen) atoms. The predicted molar refractivity (Wildman–Crippen MR) is 61.7 cm³/mol. The van der Waals surface area contributed by atoms with Gasteiger partial charge in [0.15, 0.2) is 0 Å². The van der Waals surface area contributed by atoms with E-state index in [9.17, 15) is 9.59 Å². The van der Waals surface area contributed by atoms with Gasteiger partial charge in [-0.25, -0.2) is 4.79 Å². The number of nitrogens with zero attached hydrogens (tertiary/aromatic N) is 1. The third-order valence-electron chi connectivity index (χ3n) is 1.73. The first-order chi connectivity index (χ1) is 7.79. The second-order valence-electron chi connectivity index (χ2n) is 4.50. The summed E-state index contributed by atoms with van der Waals surface area (Å²) in [7, 11) is 0. The predicted octanol–water partition coefficient (Wildman–Crippen LogP) is 1.07. The molecule has 1 aromatic heterocycles. The summed E-state index contributed by atoms with van der Waals surface area (Å²) in [6, 6.07) is 1.41. The van der Waals surface area contributed by atoms with Crippen molar-refractivity contribution in [2.24, 2.45) is 5.73 Å². The van der Waals surface area contributed by atoms with Gasteiger partial charge in [0.2, 0.25) is 0 Å². The van der Waals surface area contributed by atoms with Crippen LogP contribution in [0.25, 0.3) is 0 Å². The Labute approximate surface area is 99.2 Å². The first-order valence-corrected chi connectivity index (χ1v) is 5.03. The molecule has 0 aliphatic heterocycles. The maximum Gasteiger partial charge on any atom is 0.413 e. The lowest BCUT2D eigenvalue weighted by Gasteiger charge is -2.20.